The maximum absolute atomic E-state index is 12.5. The summed E-state index contributed by atoms with van der Waals surface area (Å²) >= 11 is 0. The van der Waals surface area contributed by atoms with Gasteiger partial charge in [-0.1, -0.05) is 12.8 Å². The zero-order valence-electron chi connectivity index (χ0n) is 11.7. The van der Waals surface area contributed by atoms with Gasteiger partial charge in [-0.25, -0.2) is 4.68 Å². The molecule has 6 nitrogen and oxygen atoms in total. The van der Waals surface area contributed by atoms with E-state index in [1.807, 2.05) is 4.90 Å². The molecule has 0 atom stereocenters. The molecule has 20 heavy (non-hydrogen) atoms. The van der Waals surface area contributed by atoms with Gasteiger partial charge >= 0.3 is 0 Å². The van der Waals surface area contributed by atoms with Crippen molar-refractivity contribution in [2.75, 3.05) is 19.7 Å². The van der Waals surface area contributed by atoms with Crippen LogP contribution >= 0.6 is 0 Å². The van der Waals surface area contributed by atoms with Crippen LogP contribution in [0.3, 0.4) is 0 Å². The van der Waals surface area contributed by atoms with Crippen molar-refractivity contribution in [3.05, 3.63) is 28.2 Å². The second kappa shape index (κ2) is 5.01. The standard InChI is InChI=1S/C14H19N3O3/c1-16-12(18)5-4-11(15-16)13(19)17-8-9-20-14(10-17)6-2-3-7-14/h4-5H,2-3,6-10H2,1H3. The van der Waals surface area contributed by atoms with Crippen molar-refractivity contribution in [1.29, 1.82) is 0 Å². The average Bonchev–Trinajstić information content (AvgIpc) is 2.89. The molecule has 0 unspecified atom stereocenters. The molecule has 1 aromatic rings. The van der Waals surface area contributed by atoms with Gasteiger partial charge in [-0.3, -0.25) is 9.59 Å². The molecular formula is C14H19N3O3. The van der Waals surface area contributed by atoms with E-state index in [0.717, 1.165) is 12.8 Å². The number of rotatable bonds is 1. The van der Waals surface area contributed by atoms with Crippen LogP contribution in [-0.4, -0.2) is 45.9 Å². The predicted octanol–water partition coefficient (Wildman–Crippen LogP) is 0.565. The van der Waals surface area contributed by atoms with Crippen molar-refractivity contribution in [2.45, 2.75) is 31.3 Å². The van der Waals surface area contributed by atoms with Gasteiger partial charge in [-0.05, 0) is 18.9 Å². The molecule has 2 aliphatic rings. The van der Waals surface area contributed by atoms with Crippen molar-refractivity contribution in [3.8, 4) is 0 Å². The van der Waals surface area contributed by atoms with Crippen molar-refractivity contribution in [3.63, 3.8) is 0 Å². The highest BCUT2D eigenvalue weighted by atomic mass is 16.5. The lowest BCUT2D eigenvalue weighted by Crippen LogP contribution is -2.52. The van der Waals surface area contributed by atoms with E-state index in [0.29, 0.717) is 25.4 Å². The number of nitrogens with zero attached hydrogens (tertiary/aromatic N) is 3. The van der Waals surface area contributed by atoms with Gasteiger partial charge in [0.05, 0.1) is 18.8 Å². The number of ether oxygens (including phenoxy) is 1. The van der Waals surface area contributed by atoms with Crippen LogP contribution in [0.1, 0.15) is 36.2 Å². The fourth-order valence-electron chi connectivity index (χ4n) is 3.12. The van der Waals surface area contributed by atoms with Crippen LogP contribution in [0.2, 0.25) is 0 Å². The van der Waals surface area contributed by atoms with Gasteiger partial charge in [-0.2, -0.15) is 5.10 Å². The zero-order valence-corrected chi connectivity index (χ0v) is 11.7. The number of aromatic nitrogens is 2. The molecule has 3 rings (SSSR count). The molecule has 1 spiro atoms. The summed E-state index contributed by atoms with van der Waals surface area (Å²) in [5.41, 5.74) is -0.0351. The Labute approximate surface area is 117 Å². The van der Waals surface area contributed by atoms with Crippen LogP contribution in [0.5, 0.6) is 0 Å². The van der Waals surface area contributed by atoms with Crippen LogP contribution in [-0.2, 0) is 11.8 Å². The highest BCUT2D eigenvalue weighted by Gasteiger charge is 2.40. The van der Waals surface area contributed by atoms with E-state index in [-0.39, 0.29) is 17.1 Å². The molecule has 0 bridgehead atoms. The Morgan fingerprint density at radius 2 is 2.10 bits per heavy atom. The van der Waals surface area contributed by atoms with Gasteiger partial charge in [0.2, 0.25) is 0 Å². The highest BCUT2D eigenvalue weighted by Crippen LogP contribution is 2.36. The lowest BCUT2D eigenvalue weighted by atomic mass is 9.99. The Kier molecular flexibility index (Phi) is 3.33. The first kappa shape index (κ1) is 13.3. The number of carbonyl (C=O) groups excluding carboxylic acids is 1. The van der Waals surface area contributed by atoms with Crippen LogP contribution in [0.4, 0.5) is 0 Å². The average molecular weight is 277 g/mol. The molecule has 0 aromatic carbocycles. The summed E-state index contributed by atoms with van der Waals surface area (Å²) in [5.74, 6) is -0.116. The molecule has 1 saturated carbocycles. The van der Waals surface area contributed by atoms with E-state index in [1.54, 1.807) is 7.05 Å². The molecule has 1 aliphatic carbocycles. The third-order valence-electron chi connectivity index (χ3n) is 4.23. The largest absolute Gasteiger partial charge is 0.371 e. The quantitative estimate of drug-likeness (QED) is 0.752. The molecule has 1 saturated heterocycles. The monoisotopic (exact) mass is 277 g/mol. The molecular weight excluding hydrogens is 258 g/mol. The van der Waals surface area contributed by atoms with E-state index >= 15 is 0 Å². The lowest BCUT2D eigenvalue weighted by molar-refractivity contribution is -0.0949. The highest BCUT2D eigenvalue weighted by molar-refractivity contribution is 5.92. The van der Waals surface area contributed by atoms with Crippen molar-refractivity contribution < 1.29 is 9.53 Å². The van der Waals surface area contributed by atoms with E-state index in [1.165, 1.54) is 29.7 Å². The predicted molar refractivity (Wildman–Crippen MR) is 72.5 cm³/mol. The Morgan fingerprint density at radius 3 is 2.80 bits per heavy atom. The summed E-state index contributed by atoms with van der Waals surface area (Å²) in [7, 11) is 1.55. The van der Waals surface area contributed by atoms with Gasteiger partial charge in [0.25, 0.3) is 11.5 Å². The molecule has 1 aromatic heterocycles. The number of aryl methyl sites for hydroxylation is 1. The summed E-state index contributed by atoms with van der Waals surface area (Å²) in [6.45, 7) is 1.80. The lowest BCUT2D eigenvalue weighted by Gasteiger charge is -2.40. The SMILES string of the molecule is Cn1nc(C(=O)N2CCOC3(CCCC3)C2)ccc1=O. The molecule has 2 heterocycles. The molecule has 1 aliphatic heterocycles. The van der Waals surface area contributed by atoms with Crippen LogP contribution < -0.4 is 5.56 Å². The van der Waals surface area contributed by atoms with Crippen LogP contribution in [0, 0.1) is 0 Å². The van der Waals surface area contributed by atoms with Gasteiger partial charge < -0.3 is 9.64 Å². The minimum Gasteiger partial charge on any atom is -0.371 e. The number of morpholine rings is 1. The fourth-order valence-corrected chi connectivity index (χ4v) is 3.12. The van der Waals surface area contributed by atoms with Crippen LogP contribution in [0.25, 0.3) is 0 Å². The maximum atomic E-state index is 12.5. The third kappa shape index (κ3) is 2.35. The number of amides is 1. The van der Waals surface area contributed by atoms with Crippen molar-refractivity contribution >= 4 is 5.91 Å². The normalized spacial score (nSPS) is 21.4. The van der Waals surface area contributed by atoms with E-state index in [4.69, 9.17) is 4.74 Å². The second-order valence-corrected chi connectivity index (χ2v) is 5.65. The summed E-state index contributed by atoms with van der Waals surface area (Å²) in [6, 6.07) is 2.88. The van der Waals surface area contributed by atoms with Crippen LogP contribution in [0.15, 0.2) is 16.9 Å². The van der Waals surface area contributed by atoms with E-state index < -0.39 is 0 Å². The van der Waals surface area contributed by atoms with Gasteiger partial charge in [0.15, 0.2) is 0 Å². The smallest absolute Gasteiger partial charge is 0.274 e. The third-order valence-corrected chi connectivity index (χ3v) is 4.23. The summed E-state index contributed by atoms with van der Waals surface area (Å²) in [5, 5.41) is 4.04. The van der Waals surface area contributed by atoms with Gasteiger partial charge in [0, 0.05) is 19.7 Å². The molecule has 2 fully saturated rings. The summed E-state index contributed by atoms with van der Waals surface area (Å²) < 4.78 is 7.11. The summed E-state index contributed by atoms with van der Waals surface area (Å²) in [4.78, 5) is 25.6. The van der Waals surface area contributed by atoms with E-state index in [9.17, 15) is 9.59 Å². The van der Waals surface area contributed by atoms with Crippen molar-refractivity contribution in [2.24, 2.45) is 7.05 Å². The van der Waals surface area contributed by atoms with Crippen molar-refractivity contribution in [1.82, 2.24) is 14.7 Å². The number of hydrogen-bond acceptors (Lipinski definition) is 4. The minimum atomic E-state index is -0.212. The molecule has 0 N–H and O–H groups in total. The minimum absolute atomic E-state index is 0.116. The molecule has 6 heteroatoms. The first-order valence-corrected chi connectivity index (χ1v) is 7.07. The topological polar surface area (TPSA) is 64.4 Å². The number of hydrogen-bond donors (Lipinski definition) is 0. The summed E-state index contributed by atoms with van der Waals surface area (Å²) in [6.07, 6.45) is 4.38. The molecule has 108 valence electrons. The number of carbonyl (C=O) groups is 1. The Bertz CT molecular complexity index is 575. The fraction of sp³-hybridized carbons (Fsp3) is 0.643. The zero-order chi connectivity index (χ0) is 14.2. The van der Waals surface area contributed by atoms with E-state index in [2.05, 4.69) is 5.10 Å². The Hall–Kier alpha value is -1.69. The van der Waals surface area contributed by atoms with Gasteiger partial charge in [0.1, 0.15) is 5.69 Å². The Morgan fingerprint density at radius 1 is 1.35 bits per heavy atom. The Balaban J connectivity index is 1.79. The first-order valence-electron chi connectivity index (χ1n) is 7.07. The molecule has 1 amide bonds. The van der Waals surface area contributed by atoms with Gasteiger partial charge in [-0.15, -0.1) is 0 Å². The maximum Gasteiger partial charge on any atom is 0.274 e. The second-order valence-electron chi connectivity index (χ2n) is 5.65. The first-order chi connectivity index (χ1) is 9.60. The molecule has 0 radical (unpaired) electrons.